The number of hydrogen-bond donors (Lipinski definition) is 6. The van der Waals surface area contributed by atoms with Crippen molar-refractivity contribution in [3.63, 3.8) is 0 Å². The second kappa shape index (κ2) is 59.4. The number of fused-ring (bicyclic) bond motifs is 3. The van der Waals surface area contributed by atoms with Crippen LogP contribution in [-0.4, -0.2) is 134 Å². The summed E-state index contributed by atoms with van der Waals surface area (Å²) in [5.74, 6) is -2.10. The summed E-state index contributed by atoms with van der Waals surface area (Å²) < 4.78 is 40.4. The molecule has 0 bridgehead atoms. The van der Waals surface area contributed by atoms with Gasteiger partial charge in [-0.15, -0.1) is 0 Å². The van der Waals surface area contributed by atoms with Gasteiger partial charge in [0.05, 0.1) is 4.83 Å². The quantitative estimate of drug-likeness (QED) is 0.0270. The molecule has 24 nitrogen and oxygen atoms in total. The first kappa shape index (κ1) is 124. The van der Waals surface area contributed by atoms with Gasteiger partial charge >= 0.3 is 61.5 Å². The third-order valence-corrected chi connectivity index (χ3v) is 17.4. The number of carbonyl (C=O) groups excluding carboxylic acids is 13. The van der Waals surface area contributed by atoms with Gasteiger partial charge in [0, 0.05) is 236 Å². The van der Waals surface area contributed by atoms with Gasteiger partial charge in [0.1, 0.15) is 11.2 Å². The number of ether oxygens (including phenoxy) is 2. The SMILES string of the molecule is CCC1=CN(C(=O)OC(C)(C)C)CC(C)(C)C(Br)C1=O.O=C=O.O=C=O.O=C=O.O=C=O.O=CCl.[Ar].[B]=NS.[CH2-]C=C([CH2-])N.[CH2-]c1[nH]c2c(c1[CH2-])C(C)(C)CN(C(=O)OC(C)(C)C)C=C2CC.[CH2-]c1[nH]c2c(c1[CH2-])C(C)(C)CN(C(=O)c1ccc(F)c(F)c1)C=C2CC.[CH2-]c1[nH]c2c(c1[CH2-])C(C)(C)CNC=C2CC.[Y].[Y].[Y].[Y]. The van der Waals surface area contributed by atoms with E-state index in [0.717, 1.165) is 99.0 Å². The number of nitrogens with one attached hydrogen (secondary N) is 4. The molecule has 7 heterocycles. The van der Waals surface area contributed by atoms with Gasteiger partial charge < -0.3 is 77.0 Å². The Labute approximate surface area is 817 Å². The number of alkyl halides is 1. The number of nitrogens with two attached hydrogens (primary N) is 1. The second-order valence-electron chi connectivity index (χ2n) is 28.4. The van der Waals surface area contributed by atoms with Crippen LogP contribution in [-0.2, 0) is 205 Å². The van der Waals surface area contributed by atoms with Gasteiger partial charge in [0.2, 0.25) is 5.75 Å². The molecule has 1 aromatic carbocycles. The zero-order valence-electron chi connectivity index (χ0n) is 67.8. The Bertz CT molecular complexity index is 3970. The fourth-order valence-electron chi connectivity index (χ4n) is 11.1. The maximum atomic E-state index is 13.6. The van der Waals surface area contributed by atoms with Crippen molar-refractivity contribution < 1.29 is 249 Å². The van der Waals surface area contributed by atoms with Gasteiger partial charge in [0.25, 0.3) is 5.91 Å². The van der Waals surface area contributed by atoms with E-state index in [9.17, 15) is 28.0 Å². The van der Waals surface area contributed by atoms with E-state index in [-0.39, 0.29) is 249 Å². The van der Waals surface area contributed by atoms with Crippen molar-refractivity contribution in [3.8, 4) is 0 Å². The third kappa shape index (κ3) is 41.3. The molecule has 1 unspecified atom stereocenters. The van der Waals surface area contributed by atoms with Gasteiger partial charge in [-0.2, -0.15) is 55.0 Å². The number of benzene rings is 1. The van der Waals surface area contributed by atoms with Crippen molar-refractivity contribution in [1.82, 2.24) is 35.0 Å². The maximum absolute atomic E-state index is 13.6. The Hall–Kier alpha value is -4.29. The number of H-pyrrole nitrogens is 3. The number of thiol groups is 1. The molecule has 0 spiro atoms. The average molecular weight is 2000 g/mol. The predicted octanol–water partition coefficient (Wildman–Crippen LogP) is 15.2. The molecule has 0 saturated carbocycles. The third-order valence-electron chi connectivity index (χ3n) is 15.7. The number of allylic oxidation sites excluding steroid dienone is 6. The molecular weight excluding hydrogens is 1890 g/mol. The summed E-state index contributed by atoms with van der Waals surface area (Å²) in [6.07, 6.45) is 12.3. The van der Waals surface area contributed by atoms with Crippen LogP contribution in [0, 0.1) is 110 Å². The van der Waals surface area contributed by atoms with E-state index in [1.54, 1.807) is 22.2 Å². The number of Topliss-reactive ketones (excluding diaryl/α,β-unsaturated/α-hetero) is 1. The van der Waals surface area contributed by atoms with Gasteiger partial charge in [-0.1, -0.05) is 115 Å². The van der Waals surface area contributed by atoms with Crippen LogP contribution in [0.1, 0.15) is 228 Å². The van der Waals surface area contributed by atoms with E-state index in [2.05, 4.69) is 176 Å². The van der Waals surface area contributed by atoms with E-state index in [4.69, 9.17) is 58.4 Å². The predicted molar refractivity (Wildman–Crippen MR) is 417 cm³/mol. The van der Waals surface area contributed by atoms with Crippen LogP contribution in [0.2, 0.25) is 0 Å². The van der Waals surface area contributed by atoms with E-state index in [0.29, 0.717) is 43.7 Å². The minimum atomic E-state index is -1.03. The Balaban J connectivity index is -0.000000197. The van der Waals surface area contributed by atoms with Crippen molar-refractivity contribution in [3.05, 3.63) is 200 Å². The first-order chi connectivity index (χ1) is 49.8. The molecule has 5 radical (unpaired) electrons. The van der Waals surface area contributed by atoms with Crippen LogP contribution in [0.3, 0.4) is 0 Å². The summed E-state index contributed by atoms with van der Waals surface area (Å²) >= 11 is 11.0. The molecule has 0 saturated heterocycles. The summed E-state index contributed by atoms with van der Waals surface area (Å²) in [6.45, 7) is 69.5. The standard InChI is InChI=1S/C21H22F2N2O.C19H28N2O2.C15H24BrNO3.C14H20N2.C4H7N.CHClO.4CO2.Ar.BHNS.4Y/c1-6-14-10-25(20(26)15-7-8-16(22)17(23)9-15)11-21(4,5)18-12(2)13(3)24-19(14)18;1-9-14-10-21(17(22)23-18(4,5)6)11-19(7,8)15-12(2)13(3)20-16(14)15;1-7-10-8-17(13(19)20-14(2,3)4)9-15(5,6)12(16)11(10)18;1-6-11-7-15-8-14(4,5)12-9(2)10(3)16-13(11)12;1-3-4(2)5;5*2-1-3;;1-2-3;;;;/h7-10,24H,2-3,6,11H2,1,4-5H3;10,20H,2-3,9,11H2,1,4-8H3;8,12H,7,9H2,1-6H3;7,15-16H,2-3,6,8H2,1,4-5H3;3H,1-2,5H2;1H;;;;;;3H;;;;/q2*-2;;2*-2;;;;;;;;;;;. The van der Waals surface area contributed by atoms with Gasteiger partial charge in [-0.25, -0.2) is 35.5 Å². The van der Waals surface area contributed by atoms with Crippen molar-refractivity contribution in [2.24, 2.45) is 15.4 Å². The molecule has 4 aromatic rings. The molecule has 0 fully saturated rings. The van der Waals surface area contributed by atoms with Crippen molar-refractivity contribution in [1.29, 1.82) is 0 Å². The molecule has 35 heteroatoms. The first-order valence-corrected chi connectivity index (χ1v) is 34.9. The number of halogens is 4. The molecule has 8 rings (SSSR count). The zero-order chi connectivity index (χ0) is 85.0. The molecule has 615 valence electrons. The number of nitrogens with zero attached hydrogens (tertiary/aromatic N) is 4. The van der Waals surface area contributed by atoms with E-state index < -0.39 is 28.9 Å². The summed E-state index contributed by atoms with van der Waals surface area (Å²) in [5, 5.41) is 3.39. The molecular formula is C78H103ArBBrClF2N9O15SY4-8. The van der Waals surface area contributed by atoms with Crippen LogP contribution in [0.5, 0.6) is 0 Å². The Morgan fingerprint density at radius 3 is 1.23 bits per heavy atom. The van der Waals surface area contributed by atoms with Gasteiger partial charge in [0.15, 0.2) is 17.4 Å². The second-order valence-corrected chi connectivity index (χ2v) is 29.7. The van der Waals surface area contributed by atoms with Crippen LogP contribution in [0.15, 0.2) is 64.6 Å². The minimum absolute atomic E-state index is 0. The summed E-state index contributed by atoms with van der Waals surface area (Å²) in [6, 6.07) is 3.22. The topological polar surface area (TPSA) is 348 Å². The Morgan fingerprint density at radius 2 is 0.920 bits per heavy atom. The summed E-state index contributed by atoms with van der Waals surface area (Å²) in [4.78, 5) is 138. The van der Waals surface area contributed by atoms with E-state index in [1.807, 2.05) is 89.3 Å². The molecule has 4 aliphatic rings. The smallest absolute Gasteiger partial charge is 0.414 e. The van der Waals surface area contributed by atoms with Crippen LogP contribution >= 0.6 is 40.3 Å². The number of hydrogen-bond acceptors (Lipinski definition) is 19. The van der Waals surface area contributed by atoms with Crippen LogP contribution in [0.25, 0.3) is 16.7 Å². The number of amides is 3. The monoisotopic (exact) mass is 2000 g/mol. The number of rotatable bonds is 5. The molecule has 6 N–H and O–H groups in total. The maximum Gasteiger partial charge on any atom is 0.414 e. The number of ketones is 1. The summed E-state index contributed by atoms with van der Waals surface area (Å²) in [7, 11) is 4.34. The normalized spacial score (nSPS) is 14.9. The average Bonchev–Trinajstić information content (AvgIpc) is 1.62. The first-order valence-electron chi connectivity index (χ1n) is 33.1. The molecule has 3 aromatic heterocycles. The van der Waals surface area contributed by atoms with Crippen molar-refractivity contribution in [2.75, 3.05) is 26.2 Å². The Morgan fingerprint density at radius 1 is 0.628 bits per heavy atom. The molecule has 0 aliphatic carbocycles. The van der Waals surface area contributed by atoms with Gasteiger partial charge in [-0.05, 0) is 131 Å². The Kier molecular flexibility index (Phi) is 65.4. The van der Waals surface area contributed by atoms with E-state index >= 15 is 0 Å². The number of aromatic amines is 3. The van der Waals surface area contributed by atoms with Gasteiger partial charge in [-0.3, -0.25) is 71.4 Å². The fraction of sp³-hybridized carbons (Fsp3) is 0.423. The number of carbonyl (C=O) groups is 5. The molecule has 3 amide bonds. The fourth-order valence-corrected chi connectivity index (χ4v) is 11.6. The number of aromatic nitrogens is 3. The van der Waals surface area contributed by atoms with Crippen LogP contribution in [0.4, 0.5) is 18.4 Å². The van der Waals surface area contributed by atoms with Crippen LogP contribution < -0.4 is 11.1 Å². The van der Waals surface area contributed by atoms with Crippen molar-refractivity contribution in [2.45, 2.75) is 183 Å². The minimum Gasteiger partial charge on any atom is -0.509 e. The molecule has 1 atom stereocenters. The largest absolute Gasteiger partial charge is 0.509 e. The summed E-state index contributed by atoms with van der Waals surface area (Å²) in [5.41, 5.74) is 19.7. The zero-order valence-corrected chi connectivity index (χ0v) is 83.1. The van der Waals surface area contributed by atoms with Crippen molar-refractivity contribution >= 4 is 119 Å². The van der Waals surface area contributed by atoms with E-state index in [1.165, 1.54) is 33.9 Å². The molecule has 4 aliphatic heterocycles. The molecule has 113 heavy (non-hydrogen) atoms.